The highest BCUT2D eigenvalue weighted by atomic mass is 32.2. The summed E-state index contributed by atoms with van der Waals surface area (Å²) in [4.78, 5) is 17.2. The molecule has 0 saturated heterocycles. The maximum Gasteiger partial charge on any atom is 0.350 e. The lowest BCUT2D eigenvalue weighted by molar-refractivity contribution is 0.443. The predicted molar refractivity (Wildman–Crippen MR) is 114 cm³/mol. The molecule has 5 aromatic rings. The third-order valence-electron chi connectivity index (χ3n) is 4.95. The van der Waals surface area contributed by atoms with Gasteiger partial charge in [0.05, 0.1) is 28.5 Å². The van der Waals surface area contributed by atoms with Crippen molar-refractivity contribution in [1.29, 1.82) is 0 Å². The number of hydrogen-bond donors (Lipinski definition) is 1. The Morgan fingerprint density at radius 1 is 0.833 bits per heavy atom. The second-order valence-electron chi connectivity index (χ2n) is 6.80. The first-order valence-electron chi connectivity index (χ1n) is 9.08. The molecular formula is C22H15N3O4S. The quantitative estimate of drug-likeness (QED) is 0.486. The molecule has 0 atom stereocenters. The number of aromatic hydroxyl groups is 1. The molecule has 0 aliphatic rings. The van der Waals surface area contributed by atoms with E-state index in [1.165, 1.54) is 18.3 Å². The molecule has 30 heavy (non-hydrogen) atoms. The van der Waals surface area contributed by atoms with Crippen molar-refractivity contribution in [1.82, 2.24) is 13.5 Å². The van der Waals surface area contributed by atoms with Crippen LogP contribution in [0.3, 0.4) is 0 Å². The number of aromatic nitrogens is 3. The Labute approximate surface area is 171 Å². The summed E-state index contributed by atoms with van der Waals surface area (Å²) < 4.78 is 27.8. The van der Waals surface area contributed by atoms with Gasteiger partial charge in [0.15, 0.2) is 0 Å². The molecule has 2 aromatic heterocycles. The molecule has 0 aliphatic carbocycles. The molecule has 0 spiro atoms. The van der Waals surface area contributed by atoms with Gasteiger partial charge in [0.25, 0.3) is 10.0 Å². The Kier molecular flexibility index (Phi) is 3.97. The van der Waals surface area contributed by atoms with Crippen molar-refractivity contribution < 1.29 is 13.5 Å². The van der Waals surface area contributed by atoms with Crippen LogP contribution in [0, 0.1) is 0 Å². The summed E-state index contributed by atoms with van der Waals surface area (Å²) in [5.74, 6) is -0.679. The van der Waals surface area contributed by atoms with Crippen LogP contribution in [-0.2, 0) is 10.0 Å². The van der Waals surface area contributed by atoms with Crippen molar-refractivity contribution in [3.05, 3.63) is 95.7 Å². The first kappa shape index (κ1) is 18.1. The Morgan fingerprint density at radius 2 is 1.53 bits per heavy atom. The number of rotatable bonds is 3. The second-order valence-corrected chi connectivity index (χ2v) is 8.59. The van der Waals surface area contributed by atoms with E-state index in [1.54, 1.807) is 24.3 Å². The molecule has 0 saturated carbocycles. The monoisotopic (exact) mass is 417 g/mol. The minimum atomic E-state index is -4.31. The molecule has 0 fully saturated rings. The van der Waals surface area contributed by atoms with E-state index in [0.717, 1.165) is 27.1 Å². The maximum atomic E-state index is 13.2. The van der Waals surface area contributed by atoms with E-state index in [9.17, 15) is 18.3 Å². The Balaban J connectivity index is 1.67. The Morgan fingerprint density at radius 3 is 2.33 bits per heavy atom. The molecule has 0 radical (unpaired) electrons. The molecule has 148 valence electrons. The predicted octanol–water partition coefficient (Wildman–Crippen LogP) is 3.28. The Bertz CT molecular complexity index is 1600. The van der Waals surface area contributed by atoms with Gasteiger partial charge in [0, 0.05) is 5.39 Å². The van der Waals surface area contributed by atoms with Gasteiger partial charge in [-0.25, -0.2) is 13.2 Å². The summed E-state index contributed by atoms with van der Waals surface area (Å²) in [6, 6.07) is 20.9. The molecule has 7 nitrogen and oxygen atoms in total. The molecule has 0 bridgehead atoms. The third kappa shape index (κ3) is 2.77. The van der Waals surface area contributed by atoms with Crippen molar-refractivity contribution in [3.8, 4) is 11.6 Å². The smallest absolute Gasteiger partial charge is 0.350 e. The number of hydrogen-bond acceptors (Lipinski definition) is 5. The van der Waals surface area contributed by atoms with Crippen LogP contribution in [0.4, 0.5) is 0 Å². The molecule has 0 aliphatic heterocycles. The van der Waals surface area contributed by atoms with E-state index < -0.39 is 21.6 Å². The van der Waals surface area contributed by atoms with Crippen LogP contribution in [-0.4, -0.2) is 27.0 Å². The molecular weight excluding hydrogens is 402 g/mol. The van der Waals surface area contributed by atoms with Crippen molar-refractivity contribution in [2.45, 2.75) is 4.90 Å². The van der Waals surface area contributed by atoms with Gasteiger partial charge in [-0.2, -0.15) is 0 Å². The standard InChI is InChI=1S/C22H15N3O4S/c26-21-14-24(18-11-17-7-3-4-8-20(17)23-13-18)22(27)25(21)30(28,29)19-10-9-15-5-1-2-6-16(15)12-19/h1-14,26H. The second kappa shape index (κ2) is 6.57. The van der Waals surface area contributed by atoms with Crippen molar-refractivity contribution in [2.75, 3.05) is 0 Å². The fourth-order valence-electron chi connectivity index (χ4n) is 3.45. The van der Waals surface area contributed by atoms with Crippen LogP contribution in [0.1, 0.15) is 0 Å². The number of benzene rings is 3. The molecule has 0 amide bonds. The lowest BCUT2D eigenvalue weighted by atomic mass is 10.1. The lowest BCUT2D eigenvalue weighted by Crippen LogP contribution is -2.28. The van der Waals surface area contributed by atoms with Crippen molar-refractivity contribution in [3.63, 3.8) is 0 Å². The zero-order valence-corrected chi connectivity index (χ0v) is 16.3. The molecule has 5 rings (SSSR count). The number of imidazole rings is 1. The molecule has 0 unspecified atom stereocenters. The molecule has 8 heteroatoms. The molecule has 3 aromatic carbocycles. The van der Waals surface area contributed by atoms with Gasteiger partial charge < -0.3 is 5.11 Å². The normalized spacial score (nSPS) is 11.9. The third-order valence-corrected chi connectivity index (χ3v) is 6.62. The highest BCUT2D eigenvalue weighted by Crippen LogP contribution is 2.24. The van der Waals surface area contributed by atoms with E-state index in [0.29, 0.717) is 15.0 Å². The number of fused-ring (bicyclic) bond motifs is 2. The average molecular weight is 417 g/mol. The van der Waals surface area contributed by atoms with Crippen LogP contribution in [0.15, 0.2) is 94.9 Å². The lowest BCUT2D eigenvalue weighted by Gasteiger charge is -2.07. The summed E-state index contributed by atoms with van der Waals surface area (Å²) in [5.41, 5.74) is 0.181. The van der Waals surface area contributed by atoms with Gasteiger partial charge >= 0.3 is 5.69 Å². The minimum Gasteiger partial charge on any atom is -0.493 e. The van der Waals surface area contributed by atoms with E-state index in [2.05, 4.69) is 4.98 Å². The van der Waals surface area contributed by atoms with E-state index in [-0.39, 0.29) is 4.90 Å². The zero-order valence-electron chi connectivity index (χ0n) is 15.5. The fraction of sp³-hybridized carbons (Fsp3) is 0. The molecule has 2 heterocycles. The number of nitrogens with zero attached hydrogens (tertiary/aromatic N) is 3. The topological polar surface area (TPSA) is 94.2 Å². The average Bonchev–Trinajstić information content (AvgIpc) is 3.07. The fourth-order valence-corrected chi connectivity index (χ4v) is 4.77. The van der Waals surface area contributed by atoms with Crippen LogP contribution in [0.2, 0.25) is 0 Å². The maximum absolute atomic E-state index is 13.2. The summed E-state index contributed by atoms with van der Waals surface area (Å²) >= 11 is 0. The van der Waals surface area contributed by atoms with E-state index in [4.69, 9.17) is 0 Å². The summed E-state index contributed by atoms with van der Waals surface area (Å²) in [5, 5.41) is 12.7. The minimum absolute atomic E-state index is 0.0898. The number of pyridine rings is 1. The summed E-state index contributed by atoms with van der Waals surface area (Å²) in [6.07, 6.45) is 2.53. The van der Waals surface area contributed by atoms with Gasteiger partial charge in [0.1, 0.15) is 0 Å². The van der Waals surface area contributed by atoms with Crippen LogP contribution < -0.4 is 5.69 Å². The van der Waals surface area contributed by atoms with E-state index >= 15 is 0 Å². The van der Waals surface area contributed by atoms with Crippen LogP contribution >= 0.6 is 0 Å². The van der Waals surface area contributed by atoms with Gasteiger partial charge in [-0.15, -0.1) is 3.97 Å². The van der Waals surface area contributed by atoms with Crippen molar-refractivity contribution >= 4 is 31.7 Å². The first-order chi connectivity index (χ1) is 14.4. The number of para-hydroxylation sites is 1. The van der Waals surface area contributed by atoms with Gasteiger partial charge in [-0.3, -0.25) is 9.55 Å². The van der Waals surface area contributed by atoms with E-state index in [1.807, 2.05) is 36.4 Å². The SMILES string of the molecule is O=c1n(-c2cnc3ccccc3c2)cc(O)n1S(=O)(=O)c1ccc2ccccc2c1. The summed E-state index contributed by atoms with van der Waals surface area (Å²) in [6.45, 7) is 0. The largest absolute Gasteiger partial charge is 0.493 e. The highest BCUT2D eigenvalue weighted by Gasteiger charge is 2.26. The van der Waals surface area contributed by atoms with Gasteiger partial charge in [-0.05, 0) is 35.0 Å². The van der Waals surface area contributed by atoms with Gasteiger partial charge in [0.2, 0.25) is 5.88 Å². The highest BCUT2D eigenvalue weighted by molar-refractivity contribution is 7.90. The van der Waals surface area contributed by atoms with Crippen LogP contribution in [0.5, 0.6) is 5.88 Å². The zero-order chi connectivity index (χ0) is 20.9. The van der Waals surface area contributed by atoms with Gasteiger partial charge in [-0.1, -0.05) is 48.5 Å². The Hall–Kier alpha value is -3.91. The van der Waals surface area contributed by atoms with Crippen molar-refractivity contribution in [2.24, 2.45) is 0 Å². The molecule has 1 N–H and O–H groups in total. The first-order valence-corrected chi connectivity index (χ1v) is 10.5. The van der Waals surface area contributed by atoms with Crippen LogP contribution in [0.25, 0.3) is 27.4 Å². The summed E-state index contributed by atoms with van der Waals surface area (Å²) in [7, 11) is -4.31.